The third kappa shape index (κ3) is 7.52. The summed E-state index contributed by atoms with van der Waals surface area (Å²) in [5.41, 5.74) is 5.72. The van der Waals surface area contributed by atoms with Crippen molar-refractivity contribution >= 4 is 18.0 Å². The number of hydrogen-bond acceptors (Lipinski definition) is 7. The molecule has 1 aliphatic carbocycles. The van der Waals surface area contributed by atoms with E-state index in [1.54, 1.807) is 20.8 Å². The van der Waals surface area contributed by atoms with Crippen LogP contribution in [0.4, 0.5) is 4.79 Å². The van der Waals surface area contributed by atoms with Gasteiger partial charge in [0.15, 0.2) is 0 Å². The zero-order chi connectivity index (χ0) is 33.1. The highest BCUT2D eigenvalue weighted by atomic mass is 16.6. The van der Waals surface area contributed by atoms with Crippen molar-refractivity contribution in [3.63, 3.8) is 0 Å². The molecule has 47 heavy (non-hydrogen) atoms. The molecule has 1 fully saturated rings. The van der Waals surface area contributed by atoms with Gasteiger partial charge < -0.3 is 24.8 Å². The molecule has 0 aromatic heterocycles. The van der Waals surface area contributed by atoms with E-state index in [9.17, 15) is 19.5 Å². The van der Waals surface area contributed by atoms with E-state index in [2.05, 4.69) is 34.5 Å². The minimum atomic E-state index is -0.893. The molecule has 2 heterocycles. The summed E-state index contributed by atoms with van der Waals surface area (Å²) in [5, 5.41) is 12.9. The van der Waals surface area contributed by atoms with E-state index in [4.69, 9.17) is 9.47 Å². The molecule has 0 radical (unpaired) electrons. The van der Waals surface area contributed by atoms with Gasteiger partial charge in [-0.2, -0.15) is 0 Å². The predicted octanol–water partition coefficient (Wildman–Crippen LogP) is 5.04. The molecule has 3 aromatic carbocycles. The average molecular weight is 640 g/mol. The Bertz CT molecular complexity index is 1560. The Morgan fingerprint density at radius 2 is 1.49 bits per heavy atom. The monoisotopic (exact) mass is 639 g/mol. The number of fused-ring (bicyclic) bond motifs is 4. The Kier molecular flexibility index (Phi) is 9.66. The van der Waals surface area contributed by atoms with Crippen LogP contribution in [0.15, 0.2) is 72.8 Å². The molecule has 2 aliphatic heterocycles. The van der Waals surface area contributed by atoms with Crippen molar-refractivity contribution in [3.05, 3.63) is 95.1 Å². The molecule has 9 nitrogen and oxygen atoms in total. The SMILES string of the molecule is CC(C)(C)OC(=O)[C@H](CCN1CCC(O)CC1)NC(=O)[C@@H]1Cc2ccccc2CN1C(=O)OCC1c2ccccc2-c2ccccc21. The van der Waals surface area contributed by atoms with Gasteiger partial charge in [-0.15, -0.1) is 0 Å². The van der Waals surface area contributed by atoms with E-state index < -0.39 is 35.7 Å². The number of piperidine rings is 1. The van der Waals surface area contributed by atoms with Gasteiger partial charge in [-0.25, -0.2) is 9.59 Å². The molecule has 1 saturated heterocycles. The lowest BCUT2D eigenvalue weighted by Gasteiger charge is -2.36. The third-order valence-electron chi connectivity index (χ3n) is 9.42. The summed E-state index contributed by atoms with van der Waals surface area (Å²) in [6.45, 7) is 7.78. The first kappa shape index (κ1) is 32.7. The molecule has 2 atom stereocenters. The first-order valence-corrected chi connectivity index (χ1v) is 16.7. The summed E-state index contributed by atoms with van der Waals surface area (Å²) >= 11 is 0. The standard InChI is InChI=1S/C38H45N3O6/c1-38(2,3)47-36(44)33(18-21-40-19-16-27(42)17-20-40)39-35(43)34-22-25-10-4-5-11-26(25)23-41(34)37(45)46-24-32-30-14-8-6-12-28(30)29-13-7-9-15-31(29)32/h4-15,27,32-34,42H,16-24H2,1-3H3,(H,39,43)/t33-,34-/m0/s1. The van der Waals surface area contributed by atoms with Crippen LogP contribution >= 0.6 is 0 Å². The second-order valence-corrected chi connectivity index (χ2v) is 13.9. The van der Waals surface area contributed by atoms with Crippen LogP contribution in [0.3, 0.4) is 0 Å². The van der Waals surface area contributed by atoms with E-state index in [-0.39, 0.29) is 25.2 Å². The fraction of sp³-hybridized carbons (Fsp3) is 0.447. The topological polar surface area (TPSA) is 108 Å². The number of nitrogens with zero attached hydrogens (tertiary/aromatic N) is 2. The average Bonchev–Trinajstić information content (AvgIpc) is 3.38. The van der Waals surface area contributed by atoms with E-state index >= 15 is 0 Å². The quantitative estimate of drug-likeness (QED) is 0.333. The number of hydrogen-bond donors (Lipinski definition) is 2. The van der Waals surface area contributed by atoms with E-state index in [1.165, 1.54) is 4.90 Å². The van der Waals surface area contributed by atoms with Crippen molar-refractivity contribution in [2.45, 2.75) is 82.7 Å². The fourth-order valence-corrected chi connectivity index (χ4v) is 6.97. The Balaban J connectivity index is 1.19. The van der Waals surface area contributed by atoms with Crippen LogP contribution in [0.1, 0.15) is 68.2 Å². The maximum absolute atomic E-state index is 14.1. The maximum atomic E-state index is 14.1. The number of carbonyl (C=O) groups excluding carboxylic acids is 3. The van der Waals surface area contributed by atoms with Crippen LogP contribution in [0.2, 0.25) is 0 Å². The molecule has 3 aromatic rings. The largest absolute Gasteiger partial charge is 0.458 e. The number of amides is 2. The number of likely N-dealkylation sites (tertiary alicyclic amines) is 1. The lowest BCUT2D eigenvalue weighted by Crippen LogP contribution is -2.56. The number of nitrogens with one attached hydrogen (secondary N) is 1. The number of carbonyl (C=O) groups is 3. The normalized spacial score (nSPS) is 18.9. The molecular formula is C38H45N3O6. The fourth-order valence-electron chi connectivity index (χ4n) is 6.97. The summed E-state index contributed by atoms with van der Waals surface area (Å²) in [6, 6.07) is 22.4. The maximum Gasteiger partial charge on any atom is 0.410 e. The van der Waals surface area contributed by atoms with Gasteiger partial charge in [-0.1, -0.05) is 72.8 Å². The van der Waals surface area contributed by atoms with E-state index in [0.717, 1.165) is 46.5 Å². The molecule has 2 N–H and O–H groups in total. The Morgan fingerprint density at radius 1 is 0.894 bits per heavy atom. The second-order valence-electron chi connectivity index (χ2n) is 13.9. The highest BCUT2D eigenvalue weighted by Gasteiger charge is 2.39. The van der Waals surface area contributed by atoms with Crippen LogP contribution in [-0.4, -0.2) is 82.9 Å². The second kappa shape index (κ2) is 13.9. The van der Waals surface area contributed by atoms with Crippen molar-refractivity contribution in [1.29, 1.82) is 0 Å². The molecule has 248 valence electrons. The molecule has 0 unspecified atom stereocenters. The molecular weight excluding hydrogens is 594 g/mol. The minimum absolute atomic E-state index is 0.108. The van der Waals surface area contributed by atoms with Crippen LogP contribution in [-0.2, 0) is 32.0 Å². The molecule has 3 aliphatic rings. The number of esters is 1. The van der Waals surface area contributed by atoms with Crippen molar-refractivity contribution in [3.8, 4) is 11.1 Å². The summed E-state index contributed by atoms with van der Waals surface area (Å²) < 4.78 is 11.7. The van der Waals surface area contributed by atoms with Gasteiger partial charge >= 0.3 is 12.1 Å². The lowest BCUT2D eigenvalue weighted by molar-refractivity contribution is -0.159. The van der Waals surface area contributed by atoms with Crippen molar-refractivity contribution in [2.24, 2.45) is 0 Å². The number of aliphatic hydroxyl groups excluding tert-OH is 1. The Labute approximate surface area is 276 Å². The zero-order valence-corrected chi connectivity index (χ0v) is 27.5. The Morgan fingerprint density at radius 3 is 2.13 bits per heavy atom. The Hall–Kier alpha value is -4.21. The van der Waals surface area contributed by atoms with Crippen molar-refractivity contribution in [2.75, 3.05) is 26.2 Å². The summed E-state index contributed by atoms with van der Waals surface area (Å²) in [7, 11) is 0. The van der Waals surface area contributed by atoms with Gasteiger partial charge in [0.2, 0.25) is 5.91 Å². The molecule has 6 rings (SSSR count). The van der Waals surface area contributed by atoms with E-state index in [1.807, 2.05) is 48.5 Å². The molecule has 2 amide bonds. The molecule has 0 saturated carbocycles. The van der Waals surface area contributed by atoms with Crippen molar-refractivity contribution in [1.82, 2.24) is 15.1 Å². The highest BCUT2D eigenvalue weighted by molar-refractivity contribution is 5.90. The third-order valence-corrected chi connectivity index (χ3v) is 9.42. The van der Waals surface area contributed by atoms with Crippen LogP contribution in [0.5, 0.6) is 0 Å². The number of rotatable bonds is 8. The van der Waals surface area contributed by atoms with Gasteiger partial charge in [0, 0.05) is 32.0 Å². The zero-order valence-electron chi connectivity index (χ0n) is 27.5. The predicted molar refractivity (Wildman–Crippen MR) is 179 cm³/mol. The lowest BCUT2D eigenvalue weighted by atomic mass is 9.93. The smallest absolute Gasteiger partial charge is 0.410 e. The van der Waals surface area contributed by atoms with Gasteiger partial charge in [-0.05, 0) is 73.4 Å². The summed E-state index contributed by atoms with van der Waals surface area (Å²) in [6.07, 6.45) is 1.15. The molecule has 0 bridgehead atoms. The van der Waals surface area contributed by atoms with Crippen molar-refractivity contribution < 1.29 is 29.0 Å². The van der Waals surface area contributed by atoms with Gasteiger partial charge in [0.25, 0.3) is 0 Å². The van der Waals surface area contributed by atoms with Gasteiger partial charge in [-0.3, -0.25) is 9.69 Å². The minimum Gasteiger partial charge on any atom is -0.458 e. The van der Waals surface area contributed by atoms with Gasteiger partial charge in [0.1, 0.15) is 24.3 Å². The number of ether oxygens (including phenoxy) is 2. The first-order chi connectivity index (χ1) is 22.6. The highest BCUT2D eigenvalue weighted by Crippen LogP contribution is 2.44. The molecule has 9 heteroatoms. The number of aliphatic hydroxyl groups is 1. The first-order valence-electron chi connectivity index (χ1n) is 16.7. The van der Waals surface area contributed by atoms with Gasteiger partial charge in [0.05, 0.1) is 12.6 Å². The van der Waals surface area contributed by atoms with E-state index in [0.29, 0.717) is 32.2 Å². The van der Waals surface area contributed by atoms with Crippen LogP contribution in [0, 0.1) is 0 Å². The van der Waals surface area contributed by atoms with Crippen LogP contribution in [0.25, 0.3) is 11.1 Å². The van der Waals surface area contributed by atoms with Crippen LogP contribution < -0.4 is 5.32 Å². The molecule has 0 spiro atoms. The summed E-state index contributed by atoms with van der Waals surface area (Å²) in [5.74, 6) is -1.03. The number of benzene rings is 3. The summed E-state index contributed by atoms with van der Waals surface area (Å²) in [4.78, 5) is 45.0.